The number of hydrogen-bond donors (Lipinski definition) is 0. The van der Waals surface area contributed by atoms with Crippen LogP contribution in [0.5, 0.6) is 0 Å². The quantitative estimate of drug-likeness (QED) is 0.137. The van der Waals surface area contributed by atoms with Crippen molar-refractivity contribution >= 4 is 43.6 Å². The molecule has 0 N–H and O–H groups in total. The van der Waals surface area contributed by atoms with E-state index in [0.29, 0.717) is 5.82 Å². The molecule has 0 aliphatic heterocycles. The summed E-state index contributed by atoms with van der Waals surface area (Å²) >= 11 is 0. The minimum absolute atomic E-state index is 0.686. The molecule has 374 valence electrons. The molecule has 0 atom stereocenters. The summed E-state index contributed by atoms with van der Waals surface area (Å²) in [5.41, 5.74) is 20.5. The number of hydrogen-bond acceptors (Lipinski definition) is 3. The Kier molecular flexibility index (Phi) is 11.4. The number of nitrogens with zero attached hydrogens (tertiary/aromatic N) is 5. The fourth-order valence-corrected chi connectivity index (χ4v) is 11.6. The maximum atomic E-state index is 5.82. The van der Waals surface area contributed by atoms with Gasteiger partial charge in [0, 0.05) is 38.2 Å². The van der Waals surface area contributed by atoms with Crippen molar-refractivity contribution in [1.29, 1.82) is 0 Å². The van der Waals surface area contributed by atoms with Gasteiger partial charge in [-0.1, -0.05) is 231 Å². The Bertz CT molecular complexity index is 4290. The van der Waals surface area contributed by atoms with Gasteiger partial charge in [-0.3, -0.25) is 9.13 Å². The Morgan fingerprint density at radius 3 is 0.787 bits per heavy atom. The Hall–Kier alpha value is -10.8. The van der Waals surface area contributed by atoms with E-state index in [9.17, 15) is 0 Å². The van der Waals surface area contributed by atoms with Gasteiger partial charge in [-0.2, -0.15) is 0 Å². The molecule has 0 saturated carbocycles. The standard InChI is InChI=1S/C75H49N5/c1-7-19-50(20-8-1)58-35-39-69-63(43-58)64-44-59(51-21-9-2-10-22-51)36-40-70(64)79(69)73-47-62(54-31-33-56(34-32-54)68-49-67(55-27-15-5-16-28-55)76-75(77-68)57-29-17-6-18-30-57)48-74(78-73)80-71-41-37-60(52-23-11-3-12-24-52)45-65(71)66-46-61(38-42-72(66)80)53-25-13-4-14-26-53/h1-49H. The van der Waals surface area contributed by atoms with Crippen LogP contribution in [-0.4, -0.2) is 24.1 Å². The van der Waals surface area contributed by atoms with Crippen LogP contribution in [0.1, 0.15) is 0 Å². The van der Waals surface area contributed by atoms with Crippen LogP contribution in [0.25, 0.3) is 145 Å². The van der Waals surface area contributed by atoms with Gasteiger partial charge >= 0.3 is 0 Å². The second kappa shape index (κ2) is 19.7. The van der Waals surface area contributed by atoms with Gasteiger partial charge < -0.3 is 0 Å². The van der Waals surface area contributed by atoms with E-state index in [4.69, 9.17) is 15.0 Å². The zero-order valence-electron chi connectivity index (χ0n) is 43.5. The van der Waals surface area contributed by atoms with Crippen LogP contribution < -0.4 is 0 Å². The summed E-state index contributed by atoms with van der Waals surface area (Å²) in [4.78, 5) is 16.1. The van der Waals surface area contributed by atoms with Crippen molar-refractivity contribution in [3.63, 3.8) is 0 Å². The van der Waals surface area contributed by atoms with E-state index >= 15 is 0 Å². The second-order valence-electron chi connectivity index (χ2n) is 20.4. The zero-order chi connectivity index (χ0) is 52.9. The molecule has 0 amide bonds. The van der Waals surface area contributed by atoms with E-state index in [2.05, 4.69) is 282 Å². The fraction of sp³-hybridized carbons (Fsp3) is 0. The molecule has 4 heterocycles. The molecule has 0 bridgehead atoms. The van der Waals surface area contributed by atoms with E-state index < -0.39 is 0 Å². The summed E-state index contributed by atoms with van der Waals surface area (Å²) in [6, 6.07) is 106. The molecule has 15 aromatic rings. The number of benzene rings is 11. The number of rotatable bonds is 10. The van der Waals surface area contributed by atoms with E-state index in [0.717, 1.165) is 117 Å². The normalized spacial score (nSPS) is 11.5. The predicted octanol–water partition coefficient (Wildman–Crippen LogP) is 19.4. The lowest BCUT2D eigenvalue weighted by Crippen LogP contribution is -2.04. The number of pyridine rings is 1. The first kappa shape index (κ1) is 46.5. The average Bonchev–Trinajstić information content (AvgIpc) is 4.15. The third-order valence-electron chi connectivity index (χ3n) is 15.6. The molecule has 0 fully saturated rings. The largest absolute Gasteiger partial charge is 0.294 e. The summed E-state index contributed by atoms with van der Waals surface area (Å²) < 4.78 is 4.73. The second-order valence-corrected chi connectivity index (χ2v) is 20.4. The lowest BCUT2D eigenvalue weighted by Gasteiger charge is -2.15. The lowest BCUT2D eigenvalue weighted by molar-refractivity contribution is 1.01. The van der Waals surface area contributed by atoms with E-state index in [-0.39, 0.29) is 0 Å². The smallest absolute Gasteiger partial charge is 0.160 e. The molecule has 0 radical (unpaired) electrons. The molecule has 15 rings (SSSR count). The van der Waals surface area contributed by atoms with E-state index in [1.165, 1.54) is 22.3 Å². The molecule has 0 saturated heterocycles. The van der Waals surface area contributed by atoms with Gasteiger partial charge in [0.05, 0.1) is 33.5 Å². The first-order chi connectivity index (χ1) is 39.6. The molecular weight excluding hydrogens is 971 g/mol. The van der Waals surface area contributed by atoms with Gasteiger partial charge in [-0.15, -0.1) is 0 Å². The van der Waals surface area contributed by atoms with Crippen LogP contribution >= 0.6 is 0 Å². The Labute approximate surface area is 463 Å². The zero-order valence-corrected chi connectivity index (χ0v) is 43.5. The molecule has 4 aromatic heterocycles. The number of fused-ring (bicyclic) bond motifs is 6. The molecule has 0 spiro atoms. The minimum atomic E-state index is 0.686. The van der Waals surface area contributed by atoms with E-state index in [1.807, 2.05) is 24.3 Å². The van der Waals surface area contributed by atoms with E-state index in [1.54, 1.807) is 0 Å². The molecule has 5 nitrogen and oxygen atoms in total. The summed E-state index contributed by atoms with van der Waals surface area (Å²) in [5.74, 6) is 2.31. The van der Waals surface area contributed by atoms with Crippen molar-refractivity contribution in [2.24, 2.45) is 0 Å². The summed E-state index contributed by atoms with van der Waals surface area (Å²) in [6.07, 6.45) is 0. The molecule has 0 unspecified atom stereocenters. The van der Waals surface area contributed by atoms with Crippen molar-refractivity contribution in [3.8, 4) is 101 Å². The molecule has 11 aromatic carbocycles. The van der Waals surface area contributed by atoms with Gasteiger partial charge in [-0.05, 0) is 122 Å². The van der Waals surface area contributed by atoms with Crippen molar-refractivity contribution in [1.82, 2.24) is 24.1 Å². The molecule has 0 aliphatic carbocycles. The van der Waals surface area contributed by atoms with Crippen molar-refractivity contribution < 1.29 is 0 Å². The van der Waals surface area contributed by atoms with Gasteiger partial charge in [-0.25, -0.2) is 15.0 Å². The van der Waals surface area contributed by atoms with Crippen LogP contribution in [0.4, 0.5) is 0 Å². The Balaban J connectivity index is 0.965. The summed E-state index contributed by atoms with van der Waals surface area (Å²) in [7, 11) is 0. The highest BCUT2D eigenvalue weighted by atomic mass is 15.1. The van der Waals surface area contributed by atoms with Crippen LogP contribution in [0.3, 0.4) is 0 Å². The van der Waals surface area contributed by atoms with Crippen LogP contribution in [0.15, 0.2) is 297 Å². The molecule has 80 heavy (non-hydrogen) atoms. The summed E-state index contributed by atoms with van der Waals surface area (Å²) in [6.45, 7) is 0. The first-order valence-corrected chi connectivity index (χ1v) is 27.2. The van der Waals surface area contributed by atoms with Crippen LogP contribution in [-0.2, 0) is 0 Å². The Morgan fingerprint density at radius 2 is 0.450 bits per heavy atom. The van der Waals surface area contributed by atoms with Crippen molar-refractivity contribution in [2.75, 3.05) is 0 Å². The van der Waals surface area contributed by atoms with Crippen molar-refractivity contribution in [3.05, 3.63) is 297 Å². The third kappa shape index (κ3) is 8.42. The highest BCUT2D eigenvalue weighted by molar-refractivity contribution is 6.13. The molecular formula is C75H49N5. The van der Waals surface area contributed by atoms with Gasteiger partial charge in [0.25, 0.3) is 0 Å². The van der Waals surface area contributed by atoms with Gasteiger partial charge in [0.15, 0.2) is 5.82 Å². The van der Waals surface area contributed by atoms with Gasteiger partial charge in [0.1, 0.15) is 11.6 Å². The SMILES string of the molecule is c1ccc(-c2ccc3c(c2)c2cc(-c4ccccc4)ccc2n3-c2cc(-c3ccc(-c4cc(-c5ccccc5)nc(-c5ccccc5)n4)cc3)cc(-n3c4ccc(-c5ccccc5)cc4c4cc(-c5ccccc5)ccc43)n2)cc1. The topological polar surface area (TPSA) is 48.5 Å². The molecule has 5 heteroatoms. The van der Waals surface area contributed by atoms with Crippen LogP contribution in [0.2, 0.25) is 0 Å². The third-order valence-corrected chi connectivity index (χ3v) is 15.6. The maximum Gasteiger partial charge on any atom is 0.160 e. The Morgan fingerprint density at radius 1 is 0.188 bits per heavy atom. The van der Waals surface area contributed by atoms with Gasteiger partial charge in [0.2, 0.25) is 0 Å². The highest BCUT2D eigenvalue weighted by Gasteiger charge is 2.21. The monoisotopic (exact) mass is 1020 g/mol. The minimum Gasteiger partial charge on any atom is -0.294 e. The maximum absolute atomic E-state index is 5.82. The van der Waals surface area contributed by atoms with Crippen molar-refractivity contribution in [2.45, 2.75) is 0 Å². The highest BCUT2D eigenvalue weighted by Crippen LogP contribution is 2.41. The lowest BCUT2D eigenvalue weighted by atomic mass is 10.0. The predicted molar refractivity (Wildman–Crippen MR) is 332 cm³/mol. The first-order valence-electron chi connectivity index (χ1n) is 27.2. The number of aromatic nitrogens is 5. The van der Waals surface area contributed by atoms with Crippen LogP contribution in [0, 0.1) is 0 Å². The fourth-order valence-electron chi connectivity index (χ4n) is 11.6. The summed E-state index contributed by atoms with van der Waals surface area (Å²) in [5, 5.41) is 4.63. The molecule has 0 aliphatic rings. The average molecular weight is 1020 g/mol.